The second-order valence-corrected chi connectivity index (χ2v) is 12.4. The minimum atomic E-state index is -4.40. The summed E-state index contributed by atoms with van der Waals surface area (Å²) in [5, 5.41) is 8.44. The van der Waals surface area contributed by atoms with Crippen LogP contribution in [0.4, 0.5) is 8.78 Å². The van der Waals surface area contributed by atoms with Gasteiger partial charge in [-0.15, -0.1) is 0 Å². The lowest BCUT2D eigenvalue weighted by atomic mass is 9.96. The number of carbonyl (C=O) groups excluding carboxylic acids is 2. The van der Waals surface area contributed by atoms with Gasteiger partial charge in [-0.1, -0.05) is 58.7 Å². The van der Waals surface area contributed by atoms with Crippen molar-refractivity contribution >= 4 is 45.0 Å². The minimum Gasteiger partial charge on any atom is -0.349 e. The molecule has 0 saturated carbocycles. The molecular weight excluding hydrogens is 639 g/mol. The van der Waals surface area contributed by atoms with E-state index >= 15 is 4.39 Å². The lowest BCUT2D eigenvalue weighted by Gasteiger charge is -2.31. The van der Waals surface area contributed by atoms with Crippen molar-refractivity contribution in [1.82, 2.24) is 25.1 Å². The Morgan fingerprint density at radius 2 is 1.89 bits per heavy atom. The molecule has 1 aliphatic heterocycles. The van der Waals surface area contributed by atoms with Crippen molar-refractivity contribution in [1.29, 1.82) is 0 Å². The summed E-state index contributed by atoms with van der Waals surface area (Å²) < 4.78 is 62.8. The van der Waals surface area contributed by atoms with E-state index < -0.39 is 52.0 Å². The van der Waals surface area contributed by atoms with Gasteiger partial charge in [-0.25, -0.2) is 17.2 Å². The van der Waals surface area contributed by atoms with Crippen LogP contribution in [0, 0.1) is 18.6 Å². The molecule has 0 aliphatic carbocycles. The molecule has 2 heterocycles. The number of hydrogen-bond donors (Lipinski definition) is 2. The Morgan fingerprint density at radius 3 is 2.59 bits per heavy atom. The first-order valence-corrected chi connectivity index (χ1v) is 15.2. The zero-order valence-corrected chi connectivity index (χ0v) is 25.3. The average Bonchev–Trinajstić information content (AvgIpc) is 3.40. The van der Waals surface area contributed by atoms with E-state index in [9.17, 15) is 22.4 Å². The molecule has 15 heteroatoms. The largest absolute Gasteiger partial charge is 0.349 e. The second-order valence-electron chi connectivity index (χ2n) is 9.77. The van der Waals surface area contributed by atoms with Crippen LogP contribution in [0.5, 0.6) is 0 Å². The maximum atomic E-state index is 15.4. The molecule has 0 unspecified atom stereocenters. The SMILES string of the molecule is Cc1noc(-c2c(F)cccc2-c2ccc([C@H](C)NC(=O)C[C@@H]3C(=O)NC=CN3S(=O)(=O)c3cccc(Cl)c3Cl)c(F)c2)n1. The fourth-order valence-corrected chi connectivity index (χ4v) is 6.91. The number of nitrogens with one attached hydrogen (secondary N) is 2. The monoisotopic (exact) mass is 661 g/mol. The fraction of sp³-hybridized carbons (Fsp3) is 0.172. The van der Waals surface area contributed by atoms with Gasteiger partial charge in [-0.05, 0) is 49.2 Å². The zero-order chi connectivity index (χ0) is 31.8. The molecule has 44 heavy (non-hydrogen) atoms. The van der Waals surface area contributed by atoms with Crippen molar-refractivity contribution in [2.45, 2.75) is 37.2 Å². The van der Waals surface area contributed by atoms with Crippen LogP contribution < -0.4 is 10.6 Å². The van der Waals surface area contributed by atoms with Crippen LogP contribution in [-0.2, 0) is 19.6 Å². The molecular formula is C29H23Cl2F2N5O5S. The quantitative estimate of drug-likeness (QED) is 0.254. The number of nitrogens with zero attached hydrogens (tertiary/aromatic N) is 3. The Kier molecular flexibility index (Phi) is 8.73. The Balaban J connectivity index is 1.35. The molecule has 1 aliphatic rings. The normalized spacial score (nSPS) is 15.6. The summed E-state index contributed by atoms with van der Waals surface area (Å²) >= 11 is 12.1. The van der Waals surface area contributed by atoms with Gasteiger partial charge < -0.3 is 15.2 Å². The fourth-order valence-electron chi connectivity index (χ4n) is 4.72. The Morgan fingerprint density at radius 1 is 1.14 bits per heavy atom. The van der Waals surface area contributed by atoms with E-state index in [0.29, 0.717) is 17.0 Å². The number of rotatable bonds is 8. The van der Waals surface area contributed by atoms with Gasteiger partial charge in [0.05, 0.1) is 28.1 Å². The summed E-state index contributed by atoms with van der Waals surface area (Å²) in [4.78, 5) is 29.5. The van der Waals surface area contributed by atoms with Crippen LogP contribution in [-0.4, -0.2) is 40.7 Å². The molecule has 5 rings (SSSR count). The van der Waals surface area contributed by atoms with Gasteiger partial charge in [0.1, 0.15) is 22.6 Å². The van der Waals surface area contributed by atoms with Crippen molar-refractivity contribution in [3.63, 3.8) is 0 Å². The van der Waals surface area contributed by atoms with E-state index in [1.165, 1.54) is 49.4 Å². The summed E-state index contributed by atoms with van der Waals surface area (Å²) in [6.07, 6.45) is 1.63. The molecule has 228 valence electrons. The molecule has 1 aromatic heterocycles. The van der Waals surface area contributed by atoms with E-state index in [1.807, 2.05) is 0 Å². The predicted octanol–water partition coefficient (Wildman–Crippen LogP) is 5.52. The summed E-state index contributed by atoms with van der Waals surface area (Å²) in [5.74, 6) is -2.58. The van der Waals surface area contributed by atoms with Gasteiger partial charge in [0.25, 0.3) is 15.9 Å². The van der Waals surface area contributed by atoms with E-state index in [0.717, 1.165) is 16.7 Å². The van der Waals surface area contributed by atoms with Crippen LogP contribution in [0.15, 0.2) is 76.4 Å². The van der Waals surface area contributed by atoms with Gasteiger partial charge >= 0.3 is 0 Å². The number of hydrogen-bond acceptors (Lipinski definition) is 7. The van der Waals surface area contributed by atoms with Crippen LogP contribution >= 0.6 is 23.2 Å². The first kappa shape index (κ1) is 31.1. The van der Waals surface area contributed by atoms with Crippen molar-refractivity contribution in [2.24, 2.45) is 0 Å². The van der Waals surface area contributed by atoms with Crippen LogP contribution in [0.3, 0.4) is 0 Å². The summed E-state index contributed by atoms with van der Waals surface area (Å²) in [6.45, 7) is 3.10. The molecule has 2 atom stereocenters. The highest BCUT2D eigenvalue weighted by atomic mass is 35.5. The number of aryl methyl sites for hydroxylation is 1. The second kappa shape index (κ2) is 12.3. The van der Waals surface area contributed by atoms with Crippen LogP contribution in [0.2, 0.25) is 10.0 Å². The molecule has 0 bridgehead atoms. The minimum absolute atomic E-state index is 0.00675. The molecule has 10 nitrogen and oxygen atoms in total. The zero-order valence-electron chi connectivity index (χ0n) is 23.0. The lowest BCUT2D eigenvalue weighted by Crippen LogP contribution is -2.51. The number of sulfonamides is 1. The molecule has 4 aromatic rings. The number of halogens is 4. The molecule has 2 N–H and O–H groups in total. The smallest absolute Gasteiger partial charge is 0.266 e. The van der Waals surface area contributed by atoms with Crippen LogP contribution in [0.25, 0.3) is 22.6 Å². The summed E-state index contributed by atoms with van der Waals surface area (Å²) in [7, 11) is -4.40. The number of aromatic nitrogens is 2. The van der Waals surface area contributed by atoms with E-state index in [2.05, 4.69) is 20.8 Å². The van der Waals surface area contributed by atoms with Gasteiger partial charge in [0, 0.05) is 18.0 Å². The maximum absolute atomic E-state index is 15.4. The van der Waals surface area contributed by atoms with Gasteiger partial charge in [-0.2, -0.15) is 4.98 Å². The van der Waals surface area contributed by atoms with Crippen LogP contribution in [0.1, 0.15) is 30.8 Å². The Bertz CT molecular complexity index is 1920. The van der Waals surface area contributed by atoms with Crippen molar-refractivity contribution in [2.75, 3.05) is 0 Å². The molecule has 3 aromatic carbocycles. The van der Waals surface area contributed by atoms with Crippen molar-refractivity contribution in [3.8, 4) is 22.6 Å². The van der Waals surface area contributed by atoms with Gasteiger partial charge in [0.2, 0.25) is 11.8 Å². The highest BCUT2D eigenvalue weighted by molar-refractivity contribution is 7.89. The third kappa shape index (κ3) is 6.03. The van der Waals surface area contributed by atoms with E-state index in [-0.39, 0.29) is 32.0 Å². The lowest BCUT2D eigenvalue weighted by molar-refractivity contribution is -0.129. The van der Waals surface area contributed by atoms with E-state index in [1.54, 1.807) is 19.1 Å². The number of benzene rings is 3. The van der Waals surface area contributed by atoms with Gasteiger partial charge in [0.15, 0.2) is 5.82 Å². The standard InChI is InChI=1S/C29H23Cl2F2N5O5S/c1-15(18-10-9-17(13-22(18)33)19-5-3-7-21(32)26(19)29-36-16(2)37-43-29)35-25(39)14-23-28(40)34-11-12-38(23)44(41,42)24-8-4-6-20(30)27(24)31/h3-13,15,23H,14H2,1-2H3,(H,34,40)(H,35,39)/t15-,23+/m0/s1. The third-order valence-corrected chi connectivity index (χ3v) is 9.58. The molecule has 2 amide bonds. The Hall–Kier alpha value is -4.33. The summed E-state index contributed by atoms with van der Waals surface area (Å²) in [6, 6.07) is 10.1. The average molecular weight is 663 g/mol. The molecule has 0 fully saturated rings. The highest BCUT2D eigenvalue weighted by Gasteiger charge is 2.38. The number of carbonyl (C=O) groups is 2. The van der Waals surface area contributed by atoms with E-state index in [4.69, 9.17) is 27.7 Å². The topological polar surface area (TPSA) is 134 Å². The summed E-state index contributed by atoms with van der Waals surface area (Å²) in [5.41, 5.74) is 0.742. The Labute approximate surface area is 260 Å². The predicted molar refractivity (Wildman–Crippen MR) is 158 cm³/mol. The highest BCUT2D eigenvalue weighted by Crippen LogP contribution is 2.35. The molecule has 0 spiro atoms. The van der Waals surface area contributed by atoms with Crippen molar-refractivity contribution in [3.05, 3.63) is 100 Å². The number of amides is 2. The molecule has 0 saturated heterocycles. The van der Waals surface area contributed by atoms with Gasteiger partial charge in [-0.3, -0.25) is 13.9 Å². The first-order valence-electron chi connectivity index (χ1n) is 13.0. The van der Waals surface area contributed by atoms with Crippen molar-refractivity contribution < 1.29 is 31.3 Å². The first-order chi connectivity index (χ1) is 20.9. The third-order valence-electron chi connectivity index (χ3n) is 6.82. The molecule has 0 radical (unpaired) electrons. The maximum Gasteiger partial charge on any atom is 0.266 e.